The minimum atomic E-state index is -0.0705. The van der Waals surface area contributed by atoms with Crippen LogP contribution in [-0.4, -0.2) is 50.2 Å². The highest BCUT2D eigenvalue weighted by atomic mass is 17.2. The second-order valence-electron chi connectivity index (χ2n) is 8.38. The van der Waals surface area contributed by atoms with E-state index < -0.39 is 0 Å². The molecule has 6 unspecified atom stereocenters. The predicted molar refractivity (Wildman–Crippen MR) is 93.3 cm³/mol. The molecule has 0 radical (unpaired) electrons. The Morgan fingerprint density at radius 2 is 1.46 bits per heavy atom. The van der Waals surface area contributed by atoms with Crippen LogP contribution in [0.3, 0.4) is 0 Å². The van der Waals surface area contributed by atoms with Gasteiger partial charge >= 0.3 is 5.97 Å². The van der Waals surface area contributed by atoms with E-state index in [0.717, 1.165) is 44.9 Å². The van der Waals surface area contributed by atoms with Crippen molar-refractivity contribution < 1.29 is 28.8 Å². The normalized spacial score (nSPS) is 37.5. The molecule has 6 nitrogen and oxygen atoms in total. The first-order chi connectivity index (χ1) is 12.8. The highest BCUT2D eigenvalue weighted by molar-refractivity contribution is 5.69. The summed E-state index contributed by atoms with van der Waals surface area (Å²) in [4.78, 5) is 22.4. The summed E-state index contributed by atoms with van der Waals surface area (Å²) in [5.41, 5.74) is 0. The first kappa shape index (κ1) is 18.7. The van der Waals surface area contributed by atoms with Crippen LogP contribution in [0.5, 0.6) is 0 Å². The van der Waals surface area contributed by atoms with E-state index in [1.807, 2.05) is 0 Å². The Hall–Kier alpha value is -0.690. The summed E-state index contributed by atoms with van der Waals surface area (Å²) >= 11 is 0. The first-order valence-electron chi connectivity index (χ1n) is 10.5. The molecule has 2 aliphatic heterocycles. The Morgan fingerprint density at radius 1 is 0.769 bits per heavy atom. The van der Waals surface area contributed by atoms with Gasteiger partial charge in [-0.25, -0.2) is 9.78 Å². The predicted octanol–water partition coefficient (Wildman–Crippen LogP) is 3.17. The molecule has 0 N–H and O–H groups in total. The summed E-state index contributed by atoms with van der Waals surface area (Å²) < 4.78 is 16.4. The number of rotatable bonds is 11. The van der Waals surface area contributed by atoms with Crippen LogP contribution >= 0.6 is 0 Å². The van der Waals surface area contributed by atoms with Gasteiger partial charge in [-0.05, 0) is 63.2 Å². The topological polar surface area (TPSA) is 69.8 Å². The fraction of sp³-hybridized carbons (Fsp3) is 0.950. The number of unbranched alkanes of at least 4 members (excludes halogenated alkanes) is 2. The highest BCUT2D eigenvalue weighted by Crippen LogP contribution is 2.40. The van der Waals surface area contributed by atoms with Crippen LogP contribution < -0.4 is 0 Å². The monoisotopic (exact) mass is 368 g/mol. The van der Waals surface area contributed by atoms with Gasteiger partial charge in [-0.1, -0.05) is 6.42 Å². The van der Waals surface area contributed by atoms with Gasteiger partial charge < -0.3 is 14.2 Å². The van der Waals surface area contributed by atoms with Crippen LogP contribution in [0.1, 0.15) is 64.2 Å². The zero-order chi connectivity index (χ0) is 17.8. The molecule has 0 aromatic heterocycles. The van der Waals surface area contributed by atoms with Gasteiger partial charge in [0.15, 0.2) is 0 Å². The summed E-state index contributed by atoms with van der Waals surface area (Å²) in [6, 6.07) is 0. The molecule has 0 bridgehead atoms. The van der Waals surface area contributed by atoms with Crippen LogP contribution in [-0.2, 0) is 28.8 Å². The summed E-state index contributed by atoms with van der Waals surface area (Å²) in [7, 11) is 0. The lowest BCUT2D eigenvalue weighted by atomic mass is 9.90. The molecule has 4 aliphatic rings. The molecule has 0 aromatic carbocycles. The molecular weight excluding hydrogens is 336 g/mol. The van der Waals surface area contributed by atoms with Crippen molar-refractivity contribution in [2.75, 3.05) is 19.8 Å². The Labute approximate surface area is 155 Å². The average molecular weight is 368 g/mol. The van der Waals surface area contributed by atoms with Gasteiger partial charge in [0, 0.05) is 6.42 Å². The van der Waals surface area contributed by atoms with Crippen molar-refractivity contribution in [3.05, 3.63) is 0 Å². The maximum Gasteiger partial charge on any atom is 0.305 e. The van der Waals surface area contributed by atoms with E-state index in [1.165, 1.54) is 12.8 Å². The molecule has 148 valence electrons. The Balaban J connectivity index is 0.928. The molecule has 2 saturated heterocycles. The fourth-order valence-corrected chi connectivity index (χ4v) is 4.37. The zero-order valence-corrected chi connectivity index (χ0v) is 15.6. The van der Waals surface area contributed by atoms with Crippen molar-refractivity contribution in [3.63, 3.8) is 0 Å². The van der Waals surface area contributed by atoms with E-state index in [9.17, 15) is 4.79 Å². The average Bonchev–Trinajstić information content (AvgIpc) is 3.55. The van der Waals surface area contributed by atoms with Crippen molar-refractivity contribution in [2.24, 2.45) is 11.8 Å². The van der Waals surface area contributed by atoms with Gasteiger partial charge in [0.1, 0.15) is 0 Å². The second kappa shape index (κ2) is 9.00. The molecule has 4 rings (SSSR count). The molecule has 0 spiro atoms. The third-order valence-electron chi connectivity index (χ3n) is 6.20. The lowest BCUT2D eigenvalue weighted by Gasteiger charge is -2.18. The number of carbonyl (C=O) groups is 1. The number of hydrogen-bond donors (Lipinski definition) is 0. The van der Waals surface area contributed by atoms with Gasteiger partial charge in [0.25, 0.3) is 0 Å². The van der Waals surface area contributed by atoms with E-state index in [4.69, 9.17) is 24.0 Å². The Kier molecular flexibility index (Phi) is 6.46. The third kappa shape index (κ3) is 5.65. The van der Waals surface area contributed by atoms with Gasteiger partial charge in [-0.15, -0.1) is 0 Å². The number of esters is 1. The summed E-state index contributed by atoms with van der Waals surface area (Å²) in [5.74, 6) is 1.00. The maximum atomic E-state index is 11.8. The number of epoxide rings is 2. The van der Waals surface area contributed by atoms with E-state index >= 15 is 0 Å². The quantitative estimate of drug-likeness (QED) is 0.183. The van der Waals surface area contributed by atoms with Gasteiger partial charge in [-0.3, -0.25) is 4.79 Å². The second-order valence-corrected chi connectivity index (χ2v) is 8.38. The molecule has 2 saturated carbocycles. The van der Waals surface area contributed by atoms with Gasteiger partial charge in [0.05, 0.1) is 44.2 Å². The van der Waals surface area contributed by atoms with E-state index in [0.29, 0.717) is 62.5 Å². The molecular formula is C20H32O6. The van der Waals surface area contributed by atoms with Crippen LogP contribution in [0.25, 0.3) is 0 Å². The molecule has 26 heavy (non-hydrogen) atoms. The molecule has 0 amide bonds. The Bertz CT molecular complexity index is 469. The van der Waals surface area contributed by atoms with Crippen LogP contribution in [0.2, 0.25) is 0 Å². The molecule has 0 aromatic rings. The largest absolute Gasteiger partial charge is 0.465 e. The van der Waals surface area contributed by atoms with Gasteiger partial charge in [-0.2, -0.15) is 0 Å². The molecule has 2 heterocycles. The SMILES string of the molecule is O=C(CCCCCOOCC1CCC2OC2C1)OCC1CCC2OC2C1. The molecule has 4 fully saturated rings. The fourth-order valence-electron chi connectivity index (χ4n) is 4.37. The smallest absolute Gasteiger partial charge is 0.305 e. The van der Waals surface area contributed by atoms with Crippen molar-refractivity contribution in [2.45, 2.75) is 88.6 Å². The van der Waals surface area contributed by atoms with Crippen molar-refractivity contribution in [1.82, 2.24) is 0 Å². The lowest BCUT2D eigenvalue weighted by Crippen LogP contribution is -2.20. The minimum absolute atomic E-state index is 0.0705. The van der Waals surface area contributed by atoms with Crippen LogP contribution in [0, 0.1) is 11.8 Å². The number of ether oxygens (including phenoxy) is 3. The summed E-state index contributed by atoms with van der Waals surface area (Å²) in [5, 5.41) is 0. The summed E-state index contributed by atoms with van der Waals surface area (Å²) in [6.07, 6.45) is 12.0. The molecule has 6 heteroatoms. The summed E-state index contributed by atoms with van der Waals surface area (Å²) in [6.45, 7) is 1.83. The lowest BCUT2D eigenvalue weighted by molar-refractivity contribution is -0.302. The van der Waals surface area contributed by atoms with E-state index in [1.54, 1.807) is 0 Å². The van der Waals surface area contributed by atoms with Crippen molar-refractivity contribution in [3.8, 4) is 0 Å². The number of fused-ring (bicyclic) bond motifs is 2. The van der Waals surface area contributed by atoms with Crippen molar-refractivity contribution in [1.29, 1.82) is 0 Å². The van der Waals surface area contributed by atoms with E-state index in [-0.39, 0.29) is 5.97 Å². The molecule has 6 atom stereocenters. The third-order valence-corrected chi connectivity index (χ3v) is 6.20. The van der Waals surface area contributed by atoms with Crippen molar-refractivity contribution >= 4 is 5.97 Å². The minimum Gasteiger partial charge on any atom is -0.465 e. The first-order valence-corrected chi connectivity index (χ1v) is 10.5. The number of carbonyl (C=O) groups excluding carboxylic acids is 1. The number of hydrogen-bond acceptors (Lipinski definition) is 6. The highest BCUT2D eigenvalue weighted by Gasteiger charge is 2.44. The molecule has 2 aliphatic carbocycles. The zero-order valence-electron chi connectivity index (χ0n) is 15.6. The Morgan fingerprint density at radius 3 is 2.15 bits per heavy atom. The standard InChI is InChI=1S/C20H32O6/c21-20(22-12-14-5-7-16-18(10-14)25-16)4-2-1-3-9-23-24-13-15-6-8-17-19(11-15)26-17/h14-19H,1-13H2. The van der Waals surface area contributed by atoms with Gasteiger partial charge in [0.2, 0.25) is 0 Å². The van der Waals surface area contributed by atoms with Crippen LogP contribution in [0.4, 0.5) is 0 Å². The van der Waals surface area contributed by atoms with Crippen LogP contribution in [0.15, 0.2) is 0 Å². The van der Waals surface area contributed by atoms with E-state index in [2.05, 4.69) is 0 Å². The maximum absolute atomic E-state index is 11.8.